The molecule has 0 aliphatic heterocycles. The lowest BCUT2D eigenvalue weighted by atomic mass is 9.92. The summed E-state index contributed by atoms with van der Waals surface area (Å²) in [6, 6.07) is 4.74. The Morgan fingerprint density at radius 2 is 1.91 bits per heavy atom. The van der Waals surface area contributed by atoms with Gasteiger partial charge in [-0.3, -0.25) is 0 Å². The number of rotatable bonds is 6. The van der Waals surface area contributed by atoms with Crippen LogP contribution in [0.3, 0.4) is 0 Å². The summed E-state index contributed by atoms with van der Waals surface area (Å²) in [5.41, 5.74) is 6.53. The summed E-state index contributed by atoms with van der Waals surface area (Å²) in [5, 5.41) is 3.37. The molecule has 0 amide bonds. The standard InChI is InChI=1S/C16H23F3N2O2/c1-2-22-15-8-7-14(23-16(17,18)19)9-11(15)10-21-13-5-3-12(20)4-6-13/h7-9,12-13,21H,2-6,10,20H2,1H3. The minimum atomic E-state index is -4.70. The van der Waals surface area contributed by atoms with Gasteiger partial charge in [-0.05, 0) is 50.8 Å². The van der Waals surface area contributed by atoms with E-state index in [1.807, 2.05) is 6.92 Å². The Balaban J connectivity index is 2.03. The molecular weight excluding hydrogens is 309 g/mol. The topological polar surface area (TPSA) is 56.5 Å². The second-order valence-electron chi connectivity index (χ2n) is 5.74. The van der Waals surface area contributed by atoms with Crippen LogP contribution in [0.15, 0.2) is 18.2 Å². The molecule has 4 nitrogen and oxygen atoms in total. The summed E-state index contributed by atoms with van der Waals surface area (Å²) in [6.45, 7) is 2.72. The number of benzene rings is 1. The van der Waals surface area contributed by atoms with Crippen molar-refractivity contribution in [1.82, 2.24) is 5.32 Å². The molecule has 1 aliphatic carbocycles. The molecule has 1 fully saturated rings. The predicted octanol–water partition coefficient (Wildman–Crippen LogP) is 3.34. The lowest BCUT2D eigenvalue weighted by Gasteiger charge is -2.27. The number of alkyl halides is 3. The van der Waals surface area contributed by atoms with E-state index < -0.39 is 6.36 Å². The van der Waals surface area contributed by atoms with Crippen molar-refractivity contribution in [2.75, 3.05) is 6.61 Å². The minimum absolute atomic E-state index is 0.233. The summed E-state index contributed by atoms with van der Waals surface area (Å²) < 4.78 is 46.5. The van der Waals surface area contributed by atoms with Gasteiger partial charge in [0, 0.05) is 24.2 Å². The Morgan fingerprint density at radius 1 is 1.22 bits per heavy atom. The molecule has 3 N–H and O–H groups in total. The third-order valence-corrected chi connectivity index (χ3v) is 3.92. The highest BCUT2D eigenvalue weighted by atomic mass is 19.4. The molecule has 1 aromatic carbocycles. The summed E-state index contributed by atoms with van der Waals surface area (Å²) in [4.78, 5) is 0. The Hall–Kier alpha value is -1.47. The highest BCUT2D eigenvalue weighted by molar-refractivity contribution is 5.40. The average molecular weight is 332 g/mol. The summed E-state index contributed by atoms with van der Waals surface area (Å²) in [6.07, 6.45) is -0.814. The minimum Gasteiger partial charge on any atom is -0.494 e. The van der Waals surface area contributed by atoms with E-state index in [1.54, 1.807) is 0 Å². The Morgan fingerprint density at radius 3 is 2.52 bits per heavy atom. The van der Waals surface area contributed by atoms with Crippen molar-refractivity contribution in [2.45, 2.75) is 57.6 Å². The first-order valence-corrected chi connectivity index (χ1v) is 7.88. The van der Waals surface area contributed by atoms with E-state index in [4.69, 9.17) is 10.5 Å². The van der Waals surface area contributed by atoms with Crippen LogP contribution in [-0.4, -0.2) is 25.1 Å². The van der Waals surface area contributed by atoms with Crippen LogP contribution in [0.2, 0.25) is 0 Å². The number of nitrogens with one attached hydrogen (secondary N) is 1. The number of hydrogen-bond acceptors (Lipinski definition) is 4. The van der Waals surface area contributed by atoms with Crippen LogP contribution in [0, 0.1) is 0 Å². The van der Waals surface area contributed by atoms with E-state index in [1.165, 1.54) is 18.2 Å². The highest BCUT2D eigenvalue weighted by Crippen LogP contribution is 2.29. The van der Waals surface area contributed by atoms with E-state index in [-0.39, 0.29) is 11.8 Å². The fraction of sp³-hybridized carbons (Fsp3) is 0.625. The van der Waals surface area contributed by atoms with E-state index >= 15 is 0 Å². The van der Waals surface area contributed by atoms with Crippen LogP contribution >= 0.6 is 0 Å². The molecule has 1 aliphatic rings. The molecule has 2 rings (SSSR count). The van der Waals surface area contributed by atoms with Gasteiger partial charge < -0.3 is 20.5 Å². The molecule has 0 radical (unpaired) electrons. The van der Waals surface area contributed by atoms with E-state index in [2.05, 4.69) is 10.1 Å². The number of nitrogens with two attached hydrogens (primary N) is 1. The molecule has 0 atom stereocenters. The van der Waals surface area contributed by atoms with Gasteiger partial charge in [-0.25, -0.2) is 0 Å². The van der Waals surface area contributed by atoms with Gasteiger partial charge in [0.05, 0.1) is 6.61 Å². The van der Waals surface area contributed by atoms with Gasteiger partial charge >= 0.3 is 6.36 Å². The number of hydrogen-bond donors (Lipinski definition) is 2. The zero-order chi connectivity index (χ0) is 16.9. The SMILES string of the molecule is CCOc1ccc(OC(F)(F)F)cc1CNC1CCC(N)CC1. The van der Waals surface area contributed by atoms with Crippen LogP contribution in [0.5, 0.6) is 11.5 Å². The largest absolute Gasteiger partial charge is 0.573 e. The first-order chi connectivity index (χ1) is 10.9. The zero-order valence-corrected chi connectivity index (χ0v) is 13.2. The van der Waals surface area contributed by atoms with Crippen molar-refractivity contribution in [3.63, 3.8) is 0 Å². The molecule has 0 aromatic heterocycles. The normalized spacial score (nSPS) is 22.0. The third-order valence-electron chi connectivity index (χ3n) is 3.92. The van der Waals surface area contributed by atoms with Gasteiger partial charge in [-0.1, -0.05) is 0 Å². The molecule has 0 spiro atoms. The molecule has 0 heterocycles. The van der Waals surface area contributed by atoms with Crippen molar-refractivity contribution in [3.05, 3.63) is 23.8 Å². The first kappa shape index (κ1) is 17.9. The van der Waals surface area contributed by atoms with Crippen LogP contribution in [0.25, 0.3) is 0 Å². The fourth-order valence-corrected chi connectivity index (χ4v) is 2.77. The zero-order valence-electron chi connectivity index (χ0n) is 13.2. The smallest absolute Gasteiger partial charge is 0.494 e. The molecule has 7 heteroatoms. The third kappa shape index (κ3) is 5.91. The summed E-state index contributed by atoms with van der Waals surface area (Å²) in [5.74, 6) is 0.338. The van der Waals surface area contributed by atoms with Crippen molar-refractivity contribution >= 4 is 0 Å². The molecular formula is C16H23F3N2O2. The first-order valence-electron chi connectivity index (χ1n) is 7.88. The Kier molecular flexibility index (Phi) is 6.12. The quantitative estimate of drug-likeness (QED) is 0.839. The fourth-order valence-electron chi connectivity index (χ4n) is 2.77. The average Bonchev–Trinajstić information content (AvgIpc) is 2.47. The van der Waals surface area contributed by atoms with Crippen molar-refractivity contribution in [3.8, 4) is 11.5 Å². The van der Waals surface area contributed by atoms with E-state index in [0.29, 0.717) is 30.5 Å². The molecule has 0 saturated heterocycles. The lowest BCUT2D eigenvalue weighted by molar-refractivity contribution is -0.274. The molecule has 130 valence electrons. The van der Waals surface area contributed by atoms with Crippen LogP contribution < -0.4 is 20.5 Å². The van der Waals surface area contributed by atoms with Gasteiger partial charge in [-0.15, -0.1) is 13.2 Å². The van der Waals surface area contributed by atoms with Crippen LogP contribution in [0.1, 0.15) is 38.2 Å². The van der Waals surface area contributed by atoms with Gasteiger partial charge in [0.15, 0.2) is 0 Å². The summed E-state index contributed by atoms with van der Waals surface area (Å²) >= 11 is 0. The highest BCUT2D eigenvalue weighted by Gasteiger charge is 2.31. The maximum atomic E-state index is 12.4. The molecule has 23 heavy (non-hydrogen) atoms. The van der Waals surface area contributed by atoms with E-state index in [9.17, 15) is 13.2 Å². The maximum absolute atomic E-state index is 12.4. The van der Waals surface area contributed by atoms with Crippen molar-refractivity contribution in [1.29, 1.82) is 0 Å². The maximum Gasteiger partial charge on any atom is 0.573 e. The predicted molar refractivity (Wildman–Crippen MR) is 81.4 cm³/mol. The second-order valence-corrected chi connectivity index (χ2v) is 5.74. The molecule has 0 bridgehead atoms. The Bertz CT molecular complexity index is 501. The molecule has 1 aromatic rings. The summed E-state index contributed by atoms with van der Waals surface area (Å²) in [7, 11) is 0. The van der Waals surface area contributed by atoms with Crippen LogP contribution in [0.4, 0.5) is 13.2 Å². The van der Waals surface area contributed by atoms with Gasteiger partial charge in [0.25, 0.3) is 0 Å². The monoisotopic (exact) mass is 332 g/mol. The molecule has 1 saturated carbocycles. The van der Waals surface area contributed by atoms with Gasteiger partial charge in [0.1, 0.15) is 11.5 Å². The molecule has 0 unspecified atom stereocenters. The lowest BCUT2D eigenvalue weighted by Crippen LogP contribution is -2.37. The second kappa shape index (κ2) is 7.88. The van der Waals surface area contributed by atoms with Crippen molar-refractivity contribution in [2.24, 2.45) is 5.73 Å². The van der Waals surface area contributed by atoms with Crippen LogP contribution in [-0.2, 0) is 6.54 Å². The number of halogens is 3. The van der Waals surface area contributed by atoms with E-state index in [0.717, 1.165) is 25.7 Å². The Labute approximate surface area is 134 Å². The van der Waals surface area contributed by atoms with Gasteiger partial charge in [0.2, 0.25) is 0 Å². The number of ether oxygens (including phenoxy) is 2. The van der Waals surface area contributed by atoms with Crippen molar-refractivity contribution < 1.29 is 22.6 Å². The van der Waals surface area contributed by atoms with Gasteiger partial charge in [-0.2, -0.15) is 0 Å².